The SMILES string of the molecule is O=C(Nc1ccc(Oc2ccccc2)cc1)c1c(Cl)nc2sccn12. The third-order valence-corrected chi connectivity index (χ3v) is 4.55. The van der Waals surface area contributed by atoms with Crippen LogP contribution in [-0.4, -0.2) is 15.3 Å². The summed E-state index contributed by atoms with van der Waals surface area (Å²) >= 11 is 7.50. The third kappa shape index (κ3) is 3.22. The summed E-state index contributed by atoms with van der Waals surface area (Å²) in [6.07, 6.45) is 1.77. The highest BCUT2D eigenvalue weighted by Crippen LogP contribution is 2.25. The Morgan fingerprint density at radius 2 is 1.80 bits per heavy atom. The van der Waals surface area contributed by atoms with E-state index in [-0.39, 0.29) is 11.1 Å². The predicted molar refractivity (Wildman–Crippen MR) is 99.0 cm³/mol. The summed E-state index contributed by atoms with van der Waals surface area (Å²) in [5, 5.41) is 4.86. The van der Waals surface area contributed by atoms with Crippen molar-refractivity contribution in [2.45, 2.75) is 0 Å². The maximum atomic E-state index is 12.5. The van der Waals surface area contributed by atoms with E-state index in [2.05, 4.69) is 10.3 Å². The molecule has 1 amide bonds. The Morgan fingerprint density at radius 1 is 1.08 bits per heavy atom. The van der Waals surface area contributed by atoms with Crippen molar-refractivity contribution >= 4 is 39.5 Å². The van der Waals surface area contributed by atoms with Crippen molar-refractivity contribution in [1.82, 2.24) is 9.38 Å². The molecule has 5 nitrogen and oxygen atoms in total. The summed E-state index contributed by atoms with van der Waals surface area (Å²) in [5.74, 6) is 1.13. The minimum Gasteiger partial charge on any atom is -0.457 e. The van der Waals surface area contributed by atoms with E-state index >= 15 is 0 Å². The highest BCUT2D eigenvalue weighted by molar-refractivity contribution is 7.15. The molecule has 7 heteroatoms. The lowest BCUT2D eigenvalue weighted by molar-refractivity contribution is 0.102. The van der Waals surface area contributed by atoms with Crippen LogP contribution in [0.1, 0.15) is 10.5 Å². The summed E-state index contributed by atoms with van der Waals surface area (Å²) in [6.45, 7) is 0. The van der Waals surface area contributed by atoms with Crippen LogP contribution < -0.4 is 10.1 Å². The first-order valence-corrected chi connectivity index (χ1v) is 8.72. The Morgan fingerprint density at radius 3 is 2.56 bits per heavy atom. The summed E-state index contributed by atoms with van der Waals surface area (Å²) in [7, 11) is 0. The summed E-state index contributed by atoms with van der Waals surface area (Å²) in [4.78, 5) is 17.3. The highest BCUT2D eigenvalue weighted by atomic mass is 35.5. The van der Waals surface area contributed by atoms with Crippen LogP contribution in [0.4, 0.5) is 5.69 Å². The molecule has 1 N–H and O–H groups in total. The fraction of sp³-hybridized carbons (Fsp3) is 0. The number of halogens is 1. The summed E-state index contributed by atoms with van der Waals surface area (Å²) in [6, 6.07) is 16.6. The van der Waals surface area contributed by atoms with Gasteiger partial charge in [0.2, 0.25) is 0 Å². The number of fused-ring (bicyclic) bond motifs is 1. The van der Waals surface area contributed by atoms with Crippen LogP contribution in [0.15, 0.2) is 66.2 Å². The lowest BCUT2D eigenvalue weighted by Crippen LogP contribution is -2.14. The Labute approximate surface area is 152 Å². The molecule has 124 valence electrons. The van der Waals surface area contributed by atoms with Gasteiger partial charge in [0.1, 0.15) is 11.5 Å². The number of para-hydroxylation sites is 1. The first-order valence-electron chi connectivity index (χ1n) is 7.46. The van der Waals surface area contributed by atoms with Gasteiger partial charge < -0.3 is 10.1 Å². The molecule has 4 rings (SSSR count). The Balaban J connectivity index is 1.50. The van der Waals surface area contributed by atoms with Gasteiger partial charge >= 0.3 is 0 Å². The Bertz CT molecular complexity index is 1030. The molecule has 0 radical (unpaired) electrons. The minimum atomic E-state index is -0.312. The van der Waals surface area contributed by atoms with Crippen LogP contribution in [0.3, 0.4) is 0 Å². The molecule has 0 bridgehead atoms. The number of carbonyl (C=O) groups excluding carboxylic acids is 1. The minimum absolute atomic E-state index is 0.188. The maximum absolute atomic E-state index is 12.5. The largest absolute Gasteiger partial charge is 0.457 e. The van der Waals surface area contributed by atoms with E-state index in [1.54, 1.807) is 34.9 Å². The molecule has 2 aromatic heterocycles. The first kappa shape index (κ1) is 15.7. The number of nitrogens with one attached hydrogen (secondary N) is 1. The zero-order valence-corrected chi connectivity index (χ0v) is 14.4. The maximum Gasteiger partial charge on any atom is 0.275 e. The number of benzene rings is 2. The number of imidazole rings is 1. The molecule has 0 saturated carbocycles. The van der Waals surface area contributed by atoms with Gasteiger partial charge in [-0.2, -0.15) is 0 Å². The lowest BCUT2D eigenvalue weighted by Gasteiger charge is -2.08. The quantitative estimate of drug-likeness (QED) is 0.545. The van der Waals surface area contributed by atoms with E-state index in [0.29, 0.717) is 22.1 Å². The summed E-state index contributed by atoms with van der Waals surface area (Å²) < 4.78 is 7.41. The molecule has 0 saturated heterocycles. The molecule has 2 heterocycles. The molecule has 0 aliphatic heterocycles. The van der Waals surface area contributed by atoms with E-state index in [1.807, 2.05) is 35.7 Å². The van der Waals surface area contributed by atoms with E-state index in [0.717, 1.165) is 5.75 Å². The van der Waals surface area contributed by atoms with Crippen molar-refractivity contribution in [2.75, 3.05) is 5.32 Å². The van der Waals surface area contributed by atoms with Crippen LogP contribution in [0, 0.1) is 0 Å². The van der Waals surface area contributed by atoms with Gasteiger partial charge in [-0.25, -0.2) is 4.98 Å². The fourth-order valence-corrected chi connectivity index (χ4v) is 3.40. The van der Waals surface area contributed by atoms with Gasteiger partial charge in [0, 0.05) is 17.3 Å². The lowest BCUT2D eigenvalue weighted by atomic mass is 10.3. The second-order valence-corrected chi connectivity index (χ2v) is 6.43. The van der Waals surface area contributed by atoms with Crippen molar-refractivity contribution in [3.63, 3.8) is 0 Å². The van der Waals surface area contributed by atoms with Crippen molar-refractivity contribution in [3.8, 4) is 11.5 Å². The van der Waals surface area contributed by atoms with Crippen LogP contribution in [0.5, 0.6) is 11.5 Å². The van der Waals surface area contributed by atoms with Crippen molar-refractivity contribution in [3.05, 3.63) is 77.0 Å². The van der Waals surface area contributed by atoms with E-state index in [9.17, 15) is 4.79 Å². The van der Waals surface area contributed by atoms with Crippen LogP contribution >= 0.6 is 22.9 Å². The van der Waals surface area contributed by atoms with Crippen LogP contribution in [0.2, 0.25) is 5.15 Å². The molecular formula is C18H12ClN3O2S. The number of ether oxygens (including phenoxy) is 1. The topological polar surface area (TPSA) is 55.6 Å². The van der Waals surface area contributed by atoms with Crippen molar-refractivity contribution in [1.29, 1.82) is 0 Å². The second kappa shape index (κ2) is 6.58. The molecule has 2 aromatic carbocycles. The third-order valence-electron chi connectivity index (χ3n) is 3.53. The molecule has 0 unspecified atom stereocenters. The number of carbonyl (C=O) groups is 1. The number of hydrogen-bond acceptors (Lipinski definition) is 4. The van der Waals surface area contributed by atoms with E-state index in [4.69, 9.17) is 16.3 Å². The van der Waals surface area contributed by atoms with Gasteiger partial charge in [-0.15, -0.1) is 11.3 Å². The van der Waals surface area contributed by atoms with Gasteiger partial charge in [-0.3, -0.25) is 9.20 Å². The average molecular weight is 370 g/mol. The number of anilines is 1. The van der Waals surface area contributed by atoms with Crippen LogP contribution in [0.25, 0.3) is 4.96 Å². The van der Waals surface area contributed by atoms with Crippen molar-refractivity contribution < 1.29 is 9.53 Å². The Hall–Kier alpha value is -2.83. The van der Waals surface area contributed by atoms with Crippen LogP contribution in [-0.2, 0) is 0 Å². The van der Waals surface area contributed by atoms with Crippen molar-refractivity contribution in [2.24, 2.45) is 0 Å². The molecule has 0 aliphatic carbocycles. The van der Waals surface area contributed by atoms with Gasteiger partial charge in [0.15, 0.2) is 15.8 Å². The number of aromatic nitrogens is 2. The molecule has 0 aliphatic rings. The van der Waals surface area contributed by atoms with Gasteiger partial charge in [0.25, 0.3) is 5.91 Å². The van der Waals surface area contributed by atoms with E-state index in [1.165, 1.54) is 11.3 Å². The molecular weight excluding hydrogens is 358 g/mol. The molecule has 0 atom stereocenters. The number of thiazole rings is 1. The molecule has 0 spiro atoms. The zero-order valence-electron chi connectivity index (χ0n) is 12.8. The average Bonchev–Trinajstić information content (AvgIpc) is 3.17. The van der Waals surface area contributed by atoms with Gasteiger partial charge in [-0.05, 0) is 36.4 Å². The number of nitrogens with zero attached hydrogens (tertiary/aromatic N) is 2. The van der Waals surface area contributed by atoms with E-state index < -0.39 is 0 Å². The standard InChI is InChI=1S/C18H12ClN3O2S/c19-16-15(22-10-11-25-18(22)21-16)17(23)20-12-6-8-14(9-7-12)24-13-4-2-1-3-5-13/h1-11H,(H,20,23). The monoisotopic (exact) mass is 369 g/mol. The Kier molecular flexibility index (Phi) is 4.13. The summed E-state index contributed by atoms with van der Waals surface area (Å²) in [5.41, 5.74) is 0.967. The predicted octanol–water partition coefficient (Wildman–Crippen LogP) is 5.09. The normalized spacial score (nSPS) is 10.8. The number of hydrogen-bond donors (Lipinski definition) is 1. The first-order chi connectivity index (χ1) is 12.2. The second-order valence-electron chi connectivity index (χ2n) is 5.20. The highest BCUT2D eigenvalue weighted by Gasteiger charge is 2.18. The smallest absolute Gasteiger partial charge is 0.275 e. The van der Waals surface area contributed by atoms with Gasteiger partial charge in [-0.1, -0.05) is 29.8 Å². The zero-order chi connectivity index (χ0) is 17.2. The molecule has 4 aromatic rings. The molecule has 0 fully saturated rings. The number of rotatable bonds is 4. The number of amides is 1. The fourth-order valence-electron chi connectivity index (χ4n) is 2.38. The molecule has 25 heavy (non-hydrogen) atoms. The van der Waals surface area contributed by atoms with Gasteiger partial charge in [0.05, 0.1) is 0 Å².